The number of hydrogen-bond acceptors (Lipinski definition) is 0. The molecular formula is C48H38. The smallest absolute Gasteiger partial charge is 0.000718 e. The Balaban J connectivity index is 1.41. The molecule has 0 heteroatoms. The van der Waals surface area contributed by atoms with E-state index in [1.165, 1.54) is 111 Å². The second-order valence-corrected chi connectivity index (χ2v) is 13.7. The van der Waals surface area contributed by atoms with E-state index in [1.807, 2.05) is 0 Å². The van der Waals surface area contributed by atoms with E-state index < -0.39 is 0 Å². The highest BCUT2D eigenvalue weighted by Crippen LogP contribution is 2.52. The number of benzene rings is 7. The van der Waals surface area contributed by atoms with Gasteiger partial charge in [-0.1, -0.05) is 133 Å². The average Bonchev–Trinajstić information content (AvgIpc) is 3.67. The fourth-order valence-corrected chi connectivity index (χ4v) is 8.60. The van der Waals surface area contributed by atoms with Crippen LogP contribution in [0.25, 0.3) is 66.8 Å². The van der Waals surface area contributed by atoms with Crippen molar-refractivity contribution in [1.82, 2.24) is 0 Å². The van der Waals surface area contributed by atoms with Crippen LogP contribution >= 0.6 is 0 Å². The third kappa shape index (κ3) is 4.29. The van der Waals surface area contributed by atoms with Gasteiger partial charge in [-0.15, -0.1) is 0 Å². The molecule has 0 aromatic heterocycles. The summed E-state index contributed by atoms with van der Waals surface area (Å²) in [6.45, 7) is 9.24. The monoisotopic (exact) mass is 614 g/mol. The van der Waals surface area contributed by atoms with Crippen LogP contribution in [0.2, 0.25) is 0 Å². The Morgan fingerprint density at radius 3 is 1.27 bits per heavy atom. The normalized spacial score (nSPS) is 12.4. The summed E-state index contributed by atoms with van der Waals surface area (Å²) in [6, 6.07) is 49.9. The number of hydrogen-bond donors (Lipinski definition) is 0. The van der Waals surface area contributed by atoms with E-state index in [0.717, 1.165) is 12.8 Å². The molecule has 0 bridgehead atoms. The lowest BCUT2D eigenvalue weighted by Crippen LogP contribution is -2.02. The molecule has 0 heterocycles. The summed E-state index contributed by atoms with van der Waals surface area (Å²) in [5.41, 5.74) is 27.3. The lowest BCUT2D eigenvalue weighted by molar-refractivity contribution is 1.23. The lowest BCUT2D eigenvalue weighted by atomic mass is 9.78. The Morgan fingerprint density at radius 1 is 0.333 bits per heavy atom. The maximum Gasteiger partial charge on any atom is -0.000718 e. The van der Waals surface area contributed by atoms with Crippen LogP contribution in [0.15, 0.2) is 133 Å². The van der Waals surface area contributed by atoms with Crippen molar-refractivity contribution in [3.05, 3.63) is 178 Å². The molecule has 0 radical (unpaired) electrons. The van der Waals surface area contributed by atoms with Crippen LogP contribution in [0.4, 0.5) is 0 Å². The van der Waals surface area contributed by atoms with Crippen LogP contribution in [0.3, 0.4) is 0 Å². The minimum Gasteiger partial charge on any atom is -0.0622 e. The predicted octanol–water partition coefficient (Wildman–Crippen LogP) is 12.7. The van der Waals surface area contributed by atoms with Crippen molar-refractivity contribution in [3.8, 4) is 66.8 Å². The predicted molar refractivity (Wildman–Crippen MR) is 204 cm³/mol. The standard InChI is InChI=1S/C48H38/c1-29-25-42-37-20-10-8-17-34(37)27-44(42)46(31(29)3)40-23-14-24-41(48(40)39-22-13-12-19-36(39)33-15-6-5-7-16-33)47-32(4)30(2)26-43-38-21-11-9-18-35(38)28-45(43)47/h5-26H,27-28H2,1-4H3. The molecule has 230 valence electrons. The summed E-state index contributed by atoms with van der Waals surface area (Å²) < 4.78 is 0. The van der Waals surface area contributed by atoms with E-state index >= 15 is 0 Å². The molecule has 0 fully saturated rings. The summed E-state index contributed by atoms with van der Waals surface area (Å²) >= 11 is 0. The molecular weight excluding hydrogens is 577 g/mol. The molecule has 48 heavy (non-hydrogen) atoms. The Labute approximate surface area is 284 Å². The Kier molecular flexibility index (Phi) is 6.63. The minimum absolute atomic E-state index is 0.958. The molecule has 2 aliphatic rings. The zero-order valence-corrected chi connectivity index (χ0v) is 28.1. The third-order valence-corrected chi connectivity index (χ3v) is 11.1. The van der Waals surface area contributed by atoms with E-state index in [-0.39, 0.29) is 0 Å². The van der Waals surface area contributed by atoms with Gasteiger partial charge in [-0.05, 0) is 152 Å². The van der Waals surface area contributed by atoms with Crippen molar-refractivity contribution in [2.75, 3.05) is 0 Å². The summed E-state index contributed by atoms with van der Waals surface area (Å²) in [5.74, 6) is 0. The molecule has 0 amide bonds. The van der Waals surface area contributed by atoms with Gasteiger partial charge in [0.25, 0.3) is 0 Å². The van der Waals surface area contributed by atoms with Gasteiger partial charge in [-0.25, -0.2) is 0 Å². The fourth-order valence-electron chi connectivity index (χ4n) is 8.60. The average molecular weight is 615 g/mol. The van der Waals surface area contributed by atoms with E-state index in [9.17, 15) is 0 Å². The van der Waals surface area contributed by atoms with Crippen molar-refractivity contribution in [1.29, 1.82) is 0 Å². The van der Waals surface area contributed by atoms with Crippen molar-refractivity contribution < 1.29 is 0 Å². The first kappa shape index (κ1) is 28.7. The van der Waals surface area contributed by atoms with Gasteiger partial charge in [-0.2, -0.15) is 0 Å². The lowest BCUT2D eigenvalue weighted by Gasteiger charge is -2.25. The van der Waals surface area contributed by atoms with Gasteiger partial charge in [0.2, 0.25) is 0 Å². The number of rotatable bonds is 4. The molecule has 7 aromatic carbocycles. The highest BCUT2D eigenvalue weighted by molar-refractivity contribution is 6.04. The Hall–Kier alpha value is -5.46. The van der Waals surface area contributed by atoms with E-state index in [0.29, 0.717) is 0 Å². The summed E-state index contributed by atoms with van der Waals surface area (Å²) in [4.78, 5) is 0. The van der Waals surface area contributed by atoms with Crippen LogP contribution in [-0.2, 0) is 12.8 Å². The zero-order chi connectivity index (χ0) is 32.5. The molecule has 0 unspecified atom stereocenters. The van der Waals surface area contributed by atoms with E-state index in [1.54, 1.807) is 0 Å². The maximum absolute atomic E-state index is 2.43. The van der Waals surface area contributed by atoms with Gasteiger partial charge in [0.1, 0.15) is 0 Å². The first-order chi connectivity index (χ1) is 23.5. The molecule has 0 nitrogen and oxygen atoms in total. The van der Waals surface area contributed by atoms with Gasteiger partial charge >= 0.3 is 0 Å². The van der Waals surface area contributed by atoms with Crippen molar-refractivity contribution in [2.45, 2.75) is 40.5 Å². The quantitative estimate of drug-likeness (QED) is 0.185. The molecule has 0 saturated carbocycles. The van der Waals surface area contributed by atoms with Gasteiger partial charge < -0.3 is 0 Å². The fraction of sp³-hybridized carbons (Fsp3) is 0.125. The highest BCUT2D eigenvalue weighted by Gasteiger charge is 2.30. The van der Waals surface area contributed by atoms with Crippen LogP contribution < -0.4 is 0 Å². The molecule has 2 aliphatic carbocycles. The molecule has 0 atom stereocenters. The second-order valence-electron chi connectivity index (χ2n) is 13.7. The van der Waals surface area contributed by atoms with Crippen molar-refractivity contribution in [3.63, 3.8) is 0 Å². The first-order valence-corrected chi connectivity index (χ1v) is 17.2. The third-order valence-electron chi connectivity index (χ3n) is 11.1. The van der Waals surface area contributed by atoms with Gasteiger partial charge in [0, 0.05) is 0 Å². The molecule has 9 rings (SSSR count). The largest absolute Gasteiger partial charge is 0.0622 e. The topological polar surface area (TPSA) is 0 Å². The molecule has 0 saturated heterocycles. The van der Waals surface area contributed by atoms with Crippen LogP contribution in [0, 0.1) is 27.7 Å². The zero-order valence-electron chi connectivity index (χ0n) is 28.1. The summed E-state index contributed by atoms with van der Waals surface area (Å²) in [7, 11) is 0. The summed E-state index contributed by atoms with van der Waals surface area (Å²) in [5, 5.41) is 0. The second kappa shape index (κ2) is 11.1. The number of fused-ring (bicyclic) bond motifs is 6. The number of aryl methyl sites for hydroxylation is 2. The minimum atomic E-state index is 0.958. The maximum atomic E-state index is 2.43. The van der Waals surface area contributed by atoms with Gasteiger partial charge in [0.05, 0.1) is 0 Å². The highest BCUT2D eigenvalue weighted by atomic mass is 14.3. The molecule has 0 aliphatic heterocycles. The summed E-state index contributed by atoms with van der Waals surface area (Å²) in [6.07, 6.45) is 1.92. The van der Waals surface area contributed by atoms with Crippen LogP contribution in [-0.4, -0.2) is 0 Å². The Morgan fingerprint density at radius 2 is 0.750 bits per heavy atom. The van der Waals surface area contributed by atoms with E-state index in [4.69, 9.17) is 0 Å². The van der Waals surface area contributed by atoms with Crippen LogP contribution in [0.1, 0.15) is 44.5 Å². The van der Waals surface area contributed by atoms with Gasteiger partial charge in [0.15, 0.2) is 0 Å². The van der Waals surface area contributed by atoms with Crippen molar-refractivity contribution in [2.24, 2.45) is 0 Å². The molecule has 7 aromatic rings. The molecule has 0 spiro atoms. The van der Waals surface area contributed by atoms with E-state index in [2.05, 4.69) is 161 Å². The van der Waals surface area contributed by atoms with Crippen molar-refractivity contribution >= 4 is 0 Å². The Bertz CT molecular complexity index is 2290. The molecule has 0 N–H and O–H groups in total. The first-order valence-electron chi connectivity index (χ1n) is 17.2. The van der Waals surface area contributed by atoms with Gasteiger partial charge in [-0.3, -0.25) is 0 Å². The SMILES string of the molecule is Cc1cc2c(c(-c3cccc(-c4c(C)c(C)cc5c4Cc4ccccc4-5)c3-c3ccccc3-c3ccccc3)c1C)Cc1ccccc1-2. The van der Waals surface area contributed by atoms with Crippen LogP contribution in [0.5, 0.6) is 0 Å².